The third-order valence-corrected chi connectivity index (χ3v) is 8.50. The molecule has 3 aromatic carbocycles. The molecule has 4 amide bonds. The second-order valence-corrected chi connectivity index (χ2v) is 11.6. The molecular weight excluding hydrogens is 579 g/mol. The van der Waals surface area contributed by atoms with Crippen LogP contribution in [0.1, 0.15) is 27.0 Å². The summed E-state index contributed by atoms with van der Waals surface area (Å²) in [5.41, 5.74) is 16.4. The Hall–Kier alpha value is -4.53. The zero-order valence-electron chi connectivity index (χ0n) is 21.7. The first kappa shape index (κ1) is 31.0. The van der Waals surface area contributed by atoms with Crippen LogP contribution < -0.4 is 31.1 Å². The Morgan fingerprint density at radius 1 is 1.00 bits per heavy atom. The Balaban J connectivity index is 1.93. The molecule has 0 fully saturated rings. The molecular formula is C26H27ClFN6O6S+. The number of halogens is 2. The monoisotopic (exact) mass is 605 g/mol. The lowest BCUT2D eigenvalue weighted by molar-refractivity contribution is -0.119. The average Bonchev–Trinajstić information content (AvgIpc) is 2.90. The number of quaternary nitrogens is 1. The van der Waals surface area contributed by atoms with Gasteiger partial charge in [-0.2, -0.15) is 8.42 Å². The molecule has 0 radical (unpaired) electrons. The van der Waals surface area contributed by atoms with Gasteiger partial charge < -0.3 is 27.3 Å². The van der Waals surface area contributed by atoms with E-state index in [-0.39, 0.29) is 40.0 Å². The van der Waals surface area contributed by atoms with Crippen LogP contribution in [0.5, 0.6) is 5.75 Å². The van der Waals surface area contributed by atoms with E-state index in [1.807, 2.05) is 0 Å². The first-order chi connectivity index (χ1) is 19.2. The molecule has 41 heavy (non-hydrogen) atoms. The van der Waals surface area contributed by atoms with Crippen molar-refractivity contribution < 1.29 is 31.9 Å². The largest absolute Gasteiger partial charge is 0.483 e. The van der Waals surface area contributed by atoms with Crippen LogP contribution >= 0.6 is 11.6 Å². The number of primary amides is 2. The number of nitrogens with zero attached hydrogens (tertiary/aromatic N) is 1. The standard InChI is InChI=1S/C26H26ClFN6O6S/c1-34(26(32)37,41(38,39)14-17-4-2-3-5-21(17)28)20-9-18(8-19(27)11-20)25(36)33-12-16-7-6-15(24(30)31)10-22(16)40-13-23(29)35/h2-11H,12-14H2,1H3,(H7-,29,30,31,32,33,35,36,37)/p+1. The lowest BCUT2D eigenvalue weighted by Crippen LogP contribution is -2.58. The number of nitrogens with two attached hydrogens (primary N) is 3. The third-order valence-electron chi connectivity index (χ3n) is 6.10. The maximum atomic E-state index is 14.2. The van der Waals surface area contributed by atoms with Crippen LogP contribution in [0.4, 0.5) is 14.9 Å². The van der Waals surface area contributed by atoms with Crippen LogP contribution in [-0.4, -0.2) is 45.8 Å². The molecule has 3 aromatic rings. The highest BCUT2D eigenvalue weighted by Gasteiger charge is 2.47. The van der Waals surface area contributed by atoms with Gasteiger partial charge in [0.2, 0.25) is 0 Å². The van der Waals surface area contributed by atoms with E-state index < -0.39 is 49.9 Å². The summed E-state index contributed by atoms with van der Waals surface area (Å²) in [7, 11) is -3.54. The molecule has 0 heterocycles. The summed E-state index contributed by atoms with van der Waals surface area (Å²) in [6.45, 7) is -0.606. The number of hydrogen-bond acceptors (Lipinski definition) is 7. The Labute approximate surface area is 240 Å². The fourth-order valence-corrected chi connectivity index (χ4v) is 5.56. The number of carbonyl (C=O) groups is 3. The second kappa shape index (κ2) is 12.3. The predicted octanol–water partition coefficient (Wildman–Crippen LogP) is 2.10. The van der Waals surface area contributed by atoms with Gasteiger partial charge in [0, 0.05) is 46.0 Å². The molecule has 0 spiro atoms. The number of nitrogen functional groups attached to an aromatic ring is 1. The first-order valence-corrected chi connectivity index (χ1v) is 13.7. The number of benzene rings is 3. The number of nitrogens with one attached hydrogen (secondary N) is 2. The average molecular weight is 606 g/mol. The normalized spacial score (nSPS) is 12.7. The predicted molar refractivity (Wildman–Crippen MR) is 151 cm³/mol. The summed E-state index contributed by atoms with van der Waals surface area (Å²) in [5, 5.41) is 10.1. The highest BCUT2D eigenvalue weighted by Crippen LogP contribution is 2.32. The van der Waals surface area contributed by atoms with E-state index >= 15 is 0 Å². The molecule has 1 atom stereocenters. The van der Waals surface area contributed by atoms with Crippen molar-refractivity contribution in [2.24, 2.45) is 17.2 Å². The molecule has 12 nitrogen and oxygen atoms in total. The number of urea groups is 1. The number of carbonyl (C=O) groups excluding carboxylic acids is 3. The van der Waals surface area contributed by atoms with Gasteiger partial charge in [-0.3, -0.25) is 15.0 Å². The highest BCUT2D eigenvalue weighted by atomic mass is 35.5. The van der Waals surface area contributed by atoms with Crippen LogP contribution in [0.25, 0.3) is 0 Å². The zero-order chi connectivity index (χ0) is 30.5. The van der Waals surface area contributed by atoms with Gasteiger partial charge in [0.1, 0.15) is 23.2 Å². The van der Waals surface area contributed by atoms with Crippen LogP contribution in [0.15, 0.2) is 60.7 Å². The number of amidine groups is 1. The summed E-state index contributed by atoms with van der Waals surface area (Å²) >= 11 is 6.21. The summed E-state index contributed by atoms with van der Waals surface area (Å²) in [5.74, 6) is -3.23. The van der Waals surface area contributed by atoms with Crippen molar-refractivity contribution in [1.82, 2.24) is 9.21 Å². The molecule has 0 aromatic heterocycles. The van der Waals surface area contributed by atoms with E-state index in [1.165, 1.54) is 42.5 Å². The van der Waals surface area contributed by atoms with Crippen molar-refractivity contribution in [3.05, 3.63) is 93.8 Å². The Morgan fingerprint density at radius 2 is 1.68 bits per heavy atom. The molecule has 216 valence electrons. The number of rotatable bonds is 11. The van der Waals surface area contributed by atoms with Gasteiger partial charge in [-0.1, -0.05) is 41.9 Å². The maximum absolute atomic E-state index is 14.2. The second-order valence-electron chi connectivity index (χ2n) is 8.95. The van der Waals surface area contributed by atoms with Gasteiger partial charge in [-0.15, -0.1) is 3.89 Å². The topological polar surface area (TPSA) is 209 Å². The minimum Gasteiger partial charge on any atom is -0.483 e. The molecule has 0 bridgehead atoms. The van der Waals surface area contributed by atoms with Gasteiger partial charge in [0.15, 0.2) is 12.3 Å². The summed E-state index contributed by atoms with van der Waals surface area (Å²) in [6, 6.07) is 11.9. The van der Waals surface area contributed by atoms with E-state index in [9.17, 15) is 27.2 Å². The minimum absolute atomic E-state index is 0.0735. The molecule has 0 aliphatic heterocycles. The minimum atomic E-state index is -4.54. The molecule has 0 aliphatic carbocycles. The van der Waals surface area contributed by atoms with Crippen molar-refractivity contribution >= 4 is 51.0 Å². The lowest BCUT2D eigenvalue weighted by atomic mass is 10.1. The first-order valence-electron chi connectivity index (χ1n) is 11.8. The van der Waals surface area contributed by atoms with E-state index in [0.717, 1.165) is 25.2 Å². The highest BCUT2D eigenvalue weighted by molar-refractivity contribution is 7.90. The smallest absolute Gasteiger partial charge is 0.434 e. The number of hydrogen-bond donors (Lipinski definition) is 5. The van der Waals surface area contributed by atoms with Gasteiger partial charge >= 0.3 is 16.1 Å². The van der Waals surface area contributed by atoms with Crippen LogP contribution in [0, 0.1) is 11.2 Å². The molecule has 0 saturated heterocycles. The third kappa shape index (κ3) is 6.98. The number of ether oxygens (including phenoxy) is 1. The summed E-state index contributed by atoms with van der Waals surface area (Å²) < 4.78 is 45.0. The van der Waals surface area contributed by atoms with Gasteiger partial charge in [0.05, 0.1) is 7.05 Å². The van der Waals surface area contributed by atoms with E-state index in [2.05, 4.69) is 5.32 Å². The van der Waals surface area contributed by atoms with Gasteiger partial charge in [0.25, 0.3) is 11.8 Å². The van der Waals surface area contributed by atoms with Crippen LogP contribution in [-0.2, 0) is 27.1 Å². The number of sulfonamides is 1. The van der Waals surface area contributed by atoms with Crippen molar-refractivity contribution in [1.29, 1.82) is 5.41 Å². The van der Waals surface area contributed by atoms with E-state index in [4.69, 9.17) is 38.9 Å². The molecule has 0 aliphatic rings. The SMILES string of the molecule is C[N+](C(N)=O)(c1cc(Cl)cc(C(=O)NCc2ccc(C(=N)N)cc2OCC(N)=O)c1)S(=O)(=O)Cc1ccccc1F. The van der Waals surface area contributed by atoms with Crippen molar-refractivity contribution in [3.63, 3.8) is 0 Å². The quantitative estimate of drug-likeness (QED) is 0.125. The fourth-order valence-electron chi connectivity index (χ4n) is 3.75. The lowest BCUT2D eigenvalue weighted by Gasteiger charge is -2.28. The zero-order valence-corrected chi connectivity index (χ0v) is 23.3. The van der Waals surface area contributed by atoms with Crippen LogP contribution in [0.2, 0.25) is 5.02 Å². The molecule has 1 unspecified atom stereocenters. The Kier molecular flexibility index (Phi) is 9.32. The van der Waals surface area contributed by atoms with E-state index in [1.54, 1.807) is 0 Å². The van der Waals surface area contributed by atoms with Gasteiger partial charge in [-0.25, -0.2) is 9.18 Å². The summed E-state index contributed by atoms with van der Waals surface area (Å²) in [6.07, 6.45) is 0. The van der Waals surface area contributed by atoms with Crippen molar-refractivity contribution in [3.8, 4) is 5.75 Å². The van der Waals surface area contributed by atoms with E-state index in [0.29, 0.717) is 11.1 Å². The molecule has 15 heteroatoms. The molecule has 3 rings (SSSR count). The van der Waals surface area contributed by atoms with Crippen molar-refractivity contribution in [2.75, 3.05) is 13.7 Å². The Morgan fingerprint density at radius 3 is 2.29 bits per heavy atom. The fraction of sp³-hybridized carbons (Fsp3) is 0.154. The van der Waals surface area contributed by atoms with Crippen molar-refractivity contribution in [2.45, 2.75) is 12.3 Å². The number of amides is 4. The van der Waals surface area contributed by atoms with Gasteiger partial charge in [-0.05, 0) is 18.2 Å². The molecule has 0 saturated carbocycles. The Bertz CT molecular complexity index is 1650. The molecule has 8 N–H and O–H groups in total. The van der Waals surface area contributed by atoms with Crippen LogP contribution in [0.3, 0.4) is 0 Å². The summed E-state index contributed by atoms with van der Waals surface area (Å²) in [4.78, 5) is 36.9. The maximum Gasteiger partial charge on any atom is 0.434 e.